The second kappa shape index (κ2) is 8.19. The molecule has 1 amide bonds. The molecule has 1 aliphatic heterocycles. The molecule has 1 saturated carbocycles. The number of aryl methyl sites for hydroxylation is 1. The highest BCUT2D eigenvalue weighted by Gasteiger charge is 2.31. The lowest BCUT2D eigenvalue weighted by Gasteiger charge is -2.41. The number of phenolic OH excluding ortho intramolecular Hbond substituents is 1. The maximum absolute atomic E-state index is 12.3. The van der Waals surface area contributed by atoms with Crippen molar-refractivity contribution in [1.82, 2.24) is 10.2 Å². The van der Waals surface area contributed by atoms with Crippen LogP contribution in [0, 0.1) is 6.92 Å². The van der Waals surface area contributed by atoms with Crippen molar-refractivity contribution in [3.8, 4) is 5.75 Å². The second-order valence-corrected chi connectivity index (χ2v) is 7.59. The summed E-state index contributed by atoms with van der Waals surface area (Å²) in [5.74, 6) is 0.254. The predicted octanol–water partition coefficient (Wildman–Crippen LogP) is 2.13. The van der Waals surface area contributed by atoms with Crippen LogP contribution in [0.4, 0.5) is 0 Å². The largest absolute Gasteiger partial charge is 0.508 e. The molecule has 1 aromatic carbocycles. The van der Waals surface area contributed by atoms with Crippen LogP contribution < -0.4 is 5.32 Å². The molecule has 2 unspecified atom stereocenters. The molecule has 2 aliphatic rings. The van der Waals surface area contributed by atoms with Crippen LogP contribution in [-0.2, 0) is 11.2 Å². The first-order valence-corrected chi connectivity index (χ1v) is 9.53. The molecule has 138 valence electrons. The van der Waals surface area contributed by atoms with Gasteiger partial charge in [-0.25, -0.2) is 0 Å². The smallest absolute Gasteiger partial charge is 0.224 e. The normalized spacial score (nSPS) is 25.7. The third-order valence-corrected chi connectivity index (χ3v) is 5.70. The summed E-state index contributed by atoms with van der Waals surface area (Å²) in [6.45, 7) is 3.73. The SMILES string of the molecule is Cc1ccc(CC(=O)NC2CCN(C3CCCCC3O)CC2)cc1O. The van der Waals surface area contributed by atoms with Crippen LogP contribution in [-0.4, -0.2) is 52.3 Å². The maximum atomic E-state index is 12.3. The van der Waals surface area contributed by atoms with E-state index in [0.717, 1.165) is 56.3 Å². The summed E-state index contributed by atoms with van der Waals surface area (Å²) in [5.41, 5.74) is 1.66. The molecule has 2 atom stereocenters. The third-order valence-electron chi connectivity index (χ3n) is 5.70. The van der Waals surface area contributed by atoms with Gasteiger partial charge in [-0.1, -0.05) is 25.0 Å². The van der Waals surface area contributed by atoms with Gasteiger partial charge in [0.25, 0.3) is 0 Å². The lowest BCUT2D eigenvalue weighted by molar-refractivity contribution is -0.121. The van der Waals surface area contributed by atoms with Crippen molar-refractivity contribution in [1.29, 1.82) is 0 Å². The van der Waals surface area contributed by atoms with Gasteiger partial charge in [-0.3, -0.25) is 9.69 Å². The van der Waals surface area contributed by atoms with Crippen LogP contribution >= 0.6 is 0 Å². The number of carbonyl (C=O) groups excluding carboxylic acids is 1. The number of likely N-dealkylation sites (tertiary alicyclic amines) is 1. The highest BCUT2D eigenvalue weighted by Crippen LogP contribution is 2.26. The van der Waals surface area contributed by atoms with Gasteiger partial charge >= 0.3 is 0 Å². The van der Waals surface area contributed by atoms with Crippen molar-refractivity contribution in [3.05, 3.63) is 29.3 Å². The average molecular weight is 346 g/mol. The Balaban J connectivity index is 1.45. The Morgan fingerprint density at radius 3 is 2.60 bits per heavy atom. The highest BCUT2D eigenvalue weighted by atomic mass is 16.3. The molecule has 0 bridgehead atoms. The molecule has 1 heterocycles. The molecule has 5 heteroatoms. The van der Waals surface area contributed by atoms with Gasteiger partial charge in [-0.15, -0.1) is 0 Å². The zero-order valence-corrected chi connectivity index (χ0v) is 15.1. The molecule has 0 spiro atoms. The minimum Gasteiger partial charge on any atom is -0.508 e. The molecule has 1 saturated heterocycles. The van der Waals surface area contributed by atoms with Gasteiger partial charge in [0.2, 0.25) is 5.91 Å². The van der Waals surface area contributed by atoms with E-state index >= 15 is 0 Å². The van der Waals surface area contributed by atoms with Crippen molar-refractivity contribution in [3.63, 3.8) is 0 Å². The molecule has 1 aromatic rings. The molecule has 0 radical (unpaired) electrons. The van der Waals surface area contributed by atoms with Crippen LogP contribution in [0.15, 0.2) is 18.2 Å². The third kappa shape index (κ3) is 4.73. The predicted molar refractivity (Wildman–Crippen MR) is 97.5 cm³/mol. The summed E-state index contributed by atoms with van der Waals surface area (Å²) < 4.78 is 0. The van der Waals surface area contributed by atoms with E-state index < -0.39 is 0 Å². The summed E-state index contributed by atoms with van der Waals surface area (Å²) in [6.07, 6.45) is 6.35. The van der Waals surface area contributed by atoms with Crippen molar-refractivity contribution in [2.75, 3.05) is 13.1 Å². The number of nitrogens with one attached hydrogen (secondary N) is 1. The number of carbonyl (C=O) groups is 1. The standard InChI is InChI=1S/C20H30N2O3/c1-14-6-7-15(12-19(14)24)13-20(25)21-16-8-10-22(11-9-16)17-4-2-3-5-18(17)23/h6-7,12,16-18,23-24H,2-5,8-11,13H2,1H3,(H,21,25). The Morgan fingerprint density at radius 1 is 1.20 bits per heavy atom. The number of piperidine rings is 1. The first-order valence-electron chi connectivity index (χ1n) is 9.53. The van der Waals surface area contributed by atoms with Gasteiger partial charge in [0, 0.05) is 25.2 Å². The molecule has 3 N–H and O–H groups in total. The number of phenols is 1. The zero-order chi connectivity index (χ0) is 17.8. The first kappa shape index (κ1) is 18.2. The molecule has 3 rings (SSSR count). The fourth-order valence-electron chi connectivity index (χ4n) is 4.12. The average Bonchev–Trinajstić information content (AvgIpc) is 2.59. The molecule has 5 nitrogen and oxygen atoms in total. The Labute approximate surface area is 150 Å². The van der Waals surface area contributed by atoms with Crippen molar-refractivity contribution in [2.45, 2.75) is 70.1 Å². The van der Waals surface area contributed by atoms with Gasteiger partial charge in [0.05, 0.1) is 12.5 Å². The zero-order valence-electron chi connectivity index (χ0n) is 15.1. The number of aliphatic hydroxyl groups excluding tert-OH is 1. The Hall–Kier alpha value is -1.59. The minimum atomic E-state index is -0.186. The number of hydrogen-bond acceptors (Lipinski definition) is 4. The fraction of sp³-hybridized carbons (Fsp3) is 0.650. The number of amides is 1. The quantitative estimate of drug-likeness (QED) is 0.781. The number of rotatable bonds is 4. The van der Waals surface area contributed by atoms with E-state index in [2.05, 4.69) is 10.2 Å². The Bertz CT molecular complexity index is 597. The Kier molecular flexibility index (Phi) is 5.97. The topological polar surface area (TPSA) is 72.8 Å². The summed E-state index contributed by atoms with van der Waals surface area (Å²) in [5, 5.41) is 23.1. The summed E-state index contributed by atoms with van der Waals surface area (Å²) >= 11 is 0. The number of nitrogens with zero attached hydrogens (tertiary/aromatic N) is 1. The lowest BCUT2D eigenvalue weighted by Crippen LogP contribution is -2.52. The second-order valence-electron chi connectivity index (χ2n) is 7.59. The van der Waals surface area contributed by atoms with Crippen LogP contribution in [0.3, 0.4) is 0 Å². The van der Waals surface area contributed by atoms with E-state index in [0.29, 0.717) is 12.5 Å². The fourth-order valence-corrected chi connectivity index (χ4v) is 4.12. The van der Waals surface area contributed by atoms with E-state index in [-0.39, 0.29) is 23.8 Å². The van der Waals surface area contributed by atoms with Crippen LogP contribution in [0.5, 0.6) is 5.75 Å². The van der Waals surface area contributed by atoms with E-state index in [9.17, 15) is 15.0 Å². The number of hydrogen-bond donors (Lipinski definition) is 3. The van der Waals surface area contributed by atoms with E-state index in [1.807, 2.05) is 19.1 Å². The van der Waals surface area contributed by atoms with E-state index in [1.165, 1.54) is 6.42 Å². The molecule has 2 fully saturated rings. The van der Waals surface area contributed by atoms with Gasteiger partial charge in [-0.05, 0) is 49.8 Å². The summed E-state index contributed by atoms with van der Waals surface area (Å²) in [6, 6.07) is 5.92. The Morgan fingerprint density at radius 2 is 1.92 bits per heavy atom. The molecular formula is C20H30N2O3. The van der Waals surface area contributed by atoms with Crippen LogP contribution in [0.25, 0.3) is 0 Å². The highest BCUT2D eigenvalue weighted by molar-refractivity contribution is 5.79. The molecular weight excluding hydrogens is 316 g/mol. The van der Waals surface area contributed by atoms with E-state index in [1.54, 1.807) is 6.07 Å². The van der Waals surface area contributed by atoms with Crippen LogP contribution in [0.2, 0.25) is 0 Å². The summed E-state index contributed by atoms with van der Waals surface area (Å²) in [4.78, 5) is 14.7. The van der Waals surface area contributed by atoms with Crippen LogP contribution in [0.1, 0.15) is 49.7 Å². The minimum absolute atomic E-state index is 0.0133. The molecule has 25 heavy (non-hydrogen) atoms. The number of aromatic hydroxyl groups is 1. The van der Waals surface area contributed by atoms with Crippen molar-refractivity contribution < 1.29 is 15.0 Å². The van der Waals surface area contributed by atoms with Gasteiger partial charge in [0.15, 0.2) is 0 Å². The van der Waals surface area contributed by atoms with Crippen molar-refractivity contribution in [2.24, 2.45) is 0 Å². The number of aliphatic hydroxyl groups is 1. The van der Waals surface area contributed by atoms with Gasteiger partial charge in [-0.2, -0.15) is 0 Å². The van der Waals surface area contributed by atoms with Gasteiger partial charge in [0.1, 0.15) is 5.75 Å². The monoisotopic (exact) mass is 346 g/mol. The number of benzene rings is 1. The first-order chi connectivity index (χ1) is 12.0. The molecule has 0 aromatic heterocycles. The van der Waals surface area contributed by atoms with Gasteiger partial charge < -0.3 is 15.5 Å². The van der Waals surface area contributed by atoms with E-state index in [4.69, 9.17) is 0 Å². The molecule has 1 aliphatic carbocycles. The van der Waals surface area contributed by atoms with Crippen molar-refractivity contribution >= 4 is 5.91 Å². The maximum Gasteiger partial charge on any atom is 0.224 e. The summed E-state index contributed by atoms with van der Waals surface area (Å²) in [7, 11) is 0. The lowest BCUT2D eigenvalue weighted by atomic mass is 9.89.